The second-order valence-corrected chi connectivity index (χ2v) is 14.6. The molecule has 44 heavy (non-hydrogen) atoms. The van der Waals surface area contributed by atoms with E-state index >= 15 is 4.39 Å². The molecule has 3 unspecified atom stereocenters. The Balaban J connectivity index is 0.945. The highest BCUT2D eigenvalue weighted by molar-refractivity contribution is 6.21. The molecule has 254 valence electrons. The van der Waals surface area contributed by atoms with Crippen LogP contribution in [0.1, 0.15) is 57.8 Å². The highest BCUT2D eigenvalue weighted by atomic mass is 35.5. The smallest absolute Gasteiger partial charge is 0.223 e. The number of carbonyl (C=O) groups excluding carboxylic acids is 1. The van der Waals surface area contributed by atoms with Gasteiger partial charge in [-0.15, -0.1) is 11.6 Å². The van der Waals surface area contributed by atoms with Gasteiger partial charge in [0.1, 0.15) is 24.7 Å². The summed E-state index contributed by atoms with van der Waals surface area (Å²) in [5, 5.41) is 46.1. The molecule has 8 atom stereocenters. The first-order chi connectivity index (χ1) is 21.2. The molecule has 0 spiro atoms. The van der Waals surface area contributed by atoms with E-state index in [1.54, 1.807) is 0 Å². The average molecular weight is 648 g/mol. The van der Waals surface area contributed by atoms with Crippen molar-refractivity contribution in [3.05, 3.63) is 0 Å². The van der Waals surface area contributed by atoms with Gasteiger partial charge in [-0.3, -0.25) is 25.2 Å². The molecule has 0 radical (unpaired) electrons. The maximum atomic E-state index is 15.2. The average Bonchev–Trinajstić information content (AvgIpc) is 3.62. The van der Waals surface area contributed by atoms with E-state index in [-0.39, 0.29) is 54.5 Å². The fraction of sp³-hybridized carbons (Fsp3) is 0.968. The summed E-state index contributed by atoms with van der Waals surface area (Å²) in [5.74, 6) is 0.716. The summed E-state index contributed by atoms with van der Waals surface area (Å²) < 4.78 is 21.3. The van der Waals surface area contributed by atoms with Crippen LogP contribution >= 0.6 is 11.6 Å². The molecule has 0 bridgehead atoms. The molecule has 4 aliphatic heterocycles. The molecule has 5 rings (SSSR count). The maximum Gasteiger partial charge on any atom is 0.223 e. The molecular formula is C31H55ClFN5O6. The molecule has 1 aliphatic carbocycles. The van der Waals surface area contributed by atoms with Crippen molar-refractivity contribution in [2.24, 2.45) is 17.8 Å². The predicted molar refractivity (Wildman–Crippen MR) is 165 cm³/mol. The molecule has 5 aliphatic rings. The number of hydrogen-bond donors (Lipinski definition) is 6. The first-order valence-corrected chi connectivity index (χ1v) is 17.4. The molecule has 11 nitrogen and oxygen atoms in total. The minimum Gasteiger partial charge on any atom is -0.394 e. The quantitative estimate of drug-likeness (QED) is 0.120. The van der Waals surface area contributed by atoms with Crippen LogP contribution in [0.15, 0.2) is 0 Å². The zero-order valence-corrected chi connectivity index (χ0v) is 26.7. The van der Waals surface area contributed by atoms with Crippen LogP contribution in [0.3, 0.4) is 0 Å². The van der Waals surface area contributed by atoms with Crippen LogP contribution in [-0.4, -0.2) is 155 Å². The number of rotatable bonds is 13. The molecule has 0 aromatic rings. The first kappa shape index (κ1) is 34.7. The number of β-amino-alcohol motifs (C(OH)–C–C–N with tert-alkyl or cyclic N) is 1. The largest absolute Gasteiger partial charge is 0.394 e. The second-order valence-electron chi connectivity index (χ2n) is 13.9. The summed E-state index contributed by atoms with van der Waals surface area (Å²) in [6.07, 6.45) is 2.55. The Bertz CT molecular complexity index is 898. The van der Waals surface area contributed by atoms with Gasteiger partial charge in [0, 0.05) is 71.3 Å². The van der Waals surface area contributed by atoms with Gasteiger partial charge in [0.05, 0.1) is 24.2 Å². The number of alkyl halides is 2. The van der Waals surface area contributed by atoms with E-state index in [9.17, 15) is 20.1 Å². The Morgan fingerprint density at radius 3 is 2.45 bits per heavy atom. The molecule has 5 fully saturated rings. The van der Waals surface area contributed by atoms with Crippen molar-refractivity contribution >= 4 is 17.5 Å². The number of piperidine rings is 1. The minimum absolute atomic E-state index is 0.00741. The van der Waals surface area contributed by atoms with Gasteiger partial charge in [0.15, 0.2) is 0 Å². The van der Waals surface area contributed by atoms with Crippen LogP contribution < -0.4 is 10.6 Å². The van der Waals surface area contributed by atoms with E-state index in [1.807, 2.05) is 4.90 Å². The van der Waals surface area contributed by atoms with E-state index < -0.39 is 31.1 Å². The summed E-state index contributed by atoms with van der Waals surface area (Å²) in [5.41, 5.74) is 0. The highest BCUT2D eigenvalue weighted by Gasteiger charge is 2.44. The number of hydrogen-bond acceptors (Lipinski definition) is 10. The highest BCUT2D eigenvalue weighted by Crippen LogP contribution is 2.35. The summed E-state index contributed by atoms with van der Waals surface area (Å²) in [6, 6.07) is 0.0787. The minimum atomic E-state index is -1.43. The molecule has 1 saturated carbocycles. The Hall–Kier alpha value is -0.670. The monoisotopic (exact) mass is 647 g/mol. The normalized spacial score (nSPS) is 36.3. The number of halogens is 2. The molecule has 4 heterocycles. The van der Waals surface area contributed by atoms with E-state index in [4.69, 9.17) is 21.4 Å². The number of ether oxygens (including phenoxy) is 1. The zero-order chi connectivity index (χ0) is 31.2. The number of likely N-dealkylation sites (tertiary alicyclic amines) is 3. The van der Waals surface area contributed by atoms with Gasteiger partial charge in [0.25, 0.3) is 0 Å². The molecule has 6 N–H and O–H groups in total. The van der Waals surface area contributed by atoms with Gasteiger partial charge in [-0.25, -0.2) is 4.39 Å². The summed E-state index contributed by atoms with van der Waals surface area (Å²) >= 11 is 6.16. The van der Waals surface area contributed by atoms with E-state index in [1.165, 1.54) is 12.8 Å². The van der Waals surface area contributed by atoms with Crippen molar-refractivity contribution in [2.45, 2.75) is 106 Å². The van der Waals surface area contributed by atoms with Crippen molar-refractivity contribution in [3.8, 4) is 0 Å². The van der Waals surface area contributed by atoms with Crippen LogP contribution in [0.4, 0.5) is 4.39 Å². The van der Waals surface area contributed by atoms with Gasteiger partial charge >= 0.3 is 0 Å². The summed E-state index contributed by atoms with van der Waals surface area (Å²) in [7, 11) is 0. The standard InChI is InChI=1S/C31H55ClFN5O6/c32-23-14-34-31(35-15-23)36-8-5-20(6-9-36)2-1-11-44-24-4-3-21(25(33)13-24)12-29(42)38-16-22-7-10-37(26(22)17-38)18-27(40)30(43)28(41)19-39/h20-28,30-31,34-35,39-41,43H,1-19H2/t21?,22-,23?,24?,25?,26+,27+,28-,30+,31?/m1/s1. The van der Waals surface area contributed by atoms with Crippen molar-refractivity contribution < 1.29 is 34.3 Å². The molecule has 0 aromatic heterocycles. The van der Waals surface area contributed by atoms with Crippen LogP contribution in [0.5, 0.6) is 0 Å². The molecule has 1 amide bonds. The molecule has 0 aromatic carbocycles. The summed E-state index contributed by atoms with van der Waals surface area (Å²) in [6.45, 7) is 5.97. The van der Waals surface area contributed by atoms with E-state index in [0.29, 0.717) is 38.5 Å². The third kappa shape index (κ3) is 9.02. The fourth-order valence-corrected chi connectivity index (χ4v) is 8.25. The summed E-state index contributed by atoms with van der Waals surface area (Å²) in [4.78, 5) is 19.5. The number of carbonyl (C=O) groups is 1. The SMILES string of the molecule is O=C(CC1CCC(OCCCC2CCN(C3NCC(Cl)CN3)CC2)CC1F)N1C[C@H]2CCN(C[C@H](O)[C@H](O)[C@H](O)CO)[C@H]2C1. The van der Waals surface area contributed by atoms with Crippen molar-refractivity contribution in [1.82, 2.24) is 25.3 Å². The Morgan fingerprint density at radius 2 is 1.75 bits per heavy atom. The number of fused-ring (bicyclic) bond motifs is 1. The van der Waals surface area contributed by atoms with Gasteiger partial charge in [-0.1, -0.05) is 0 Å². The third-order valence-corrected chi connectivity index (χ3v) is 11.2. The maximum absolute atomic E-state index is 15.2. The Labute approximate surface area is 266 Å². The lowest BCUT2D eigenvalue weighted by atomic mass is 9.83. The lowest BCUT2D eigenvalue weighted by Crippen LogP contribution is -2.62. The topological polar surface area (TPSA) is 141 Å². The molecule has 13 heteroatoms. The predicted octanol–water partition coefficient (Wildman–Crippen LogP) is 0.0836. The second kappa shape index (κ2) is 16.4. The fourth-order valence-electron chi connectivity index (χ4n) is 8.07. The lowest BCUT2D eigenvalue weighted by molar-refractivity contribution is -0.133. The number of nitrogens with zero attached hydrogens (tertiary/aromatic N) is 3. The molecule has 4 saturated heterocycles. The molecular weight excluding hydrogens is 593 g/mol. The van der Waals surface area contributed by atoms with Gasteiger partial charge in [0.2, 0.25) is 5.91 Å². The number of aliphatic hydroxyl groups excluding tert-OH is 4. The Kier molecular flexibility index (Phi) is 12.9. The Morgan fingerprint density at radius 1 is 1.00 bits per heavy atom. The third-order valence-electron chi connectivity index (χ3n) is 10.9. The number of nitrogens with one attached hydrogen (secondary N) is 2. The van der Waals surface area contributed by atoms with Gasteiger partial charge < -0.3 is 30.1 Å². The van der Waals surface area contributed by atoms with Gasteiger partial charge in [-0.05, 0) is 69.2 Å². The van der Waals surface area contributed by atoms with Crippen molar-refractivity contribution in [3.63, 3.8) is 0 Å². The zero-order valence-electron chi connectivity index (χ0n) is 26.0. The van der Waals surface area contributed by atoms with E-state index in [0.717, 1.165) is 58.4 Å². The van der Waals surface area contributed by atoms with Crippen molar-refractivity contribution in [1.29, 1.82) is 0 Å². The lowest BCUT2D eigenvalue weighted by Gasteiger charge is -2.41. The van der Waals surface area contributed by atoms with Crippen LogP contribution in [0.25, 0.3) is 0 Å². The first-order valence-electron chi connectivity index (χ1n) is 17.0. The van der Waals surface area contributed by atoms with Crippen molar-refractivity contribution in [2.75, 3.05) is 65.6 Å². The van der Waals surface area contributed by atoms with Crippen LogP contribution in [0, 0.1) is 17.8 Å². The van der Waals surface area contributed by atoms with E-state index in [2.05, 4.69) is 20.4 Å². The number of amides is 1. The number of aliphatic hydroxyl groups is 4. The van der Waals surface area contributed by atoms with Crippen LogP contribution in [-0.2, 0) is 9.53 Å². The van der Waals surface area contributed by atoms with Gasteiger partial charge in [-0.2, -0.15) is 0 Å². The van der Waals surface area contributed by atoms with Crippen LogP contribution in [0.2, 0.25) is 0 Å².